The van der Waals surface area contributed by atoms with E-state index in [1.807, 2.05) is 0 Å². The molecule has 1 unspecified atom stereocenters. The third-order valence-electron chi connectivity index (χ3n) is 4.04. The van der Waals surface area contributed by atoms with Crippen molar-refractivity contribution in [3.05, 3.63) is 65.8 Å². The molecule has 2 amide bonds. The molecule has 0 aliphatic rings. The van der Waals surface area contributed by atoms with Gasteiger partial charge in [-0.05, 0) is 29.8 Å². The van der Waals surface area contributed by atoms with Gasteiger partial charge in [-0.2, -0.15) is 4.98 Å². The number of aromatic nitrogens is 3. The Morgan fingerprint density at radius 3 is 2.72 bits per heavy atom. The van der Waals surface area contributed by atoms with Gasteiger partial charge in [0.25, 0.3) is 0 Å². The molecule has 0 radical (unpaired) electrons. The lowest BCUT2D eigenvalue weighted by Crippen LogP contribution is -2.39. The van der Waals surface area contributed by atoms with Crippen LogP contribution in [0.2, 0.25) is 0 Å². The molecule has 8 nitrogen and oxygen atoms in total. The second-order valence-electron chi connectivity index (χ2n) is 6.04. The number of halogens is 2. The van der Waals surface area contributed by atoms with Crippen LogP contribution in [0.25, 0.3) is 11.4 Å². The fraction of sp³-hybridized carbons (Fsp3) is 0.211. The molecule has 0 spiro atoms. The van der Waals surface area contributed by atoms with Gasteiger partial charge in [-0.15, -0.1) is 0 Å². The first-order chi connectivity index (χ1) is 14.0. The molecule has 2 aromatic heterocycles. The summed E-state index contributed by atoms with van der Waals surface area (Å²) in [4.78, 5) is 32.5. The highest BCUT2D eigenvalue weighted by Gasteiger charge is 2.23. The van der Waals surface area contributed by atoms with Crippen molar-refractivity contribution in [1.29, 1.82) is 0 Å². The lowest BCUT2D eigenvalue weighted by Gasteiger charge is -2.17. The van der Waals surface area contributed by atoms with Gasteiger partial charge in [-0.25, -0.2) is 8.78 Å². The Hall–Kier alpha value is -3.69. The van der Waals surface area contributed by atoms with Crippen LogP contribution >= 0.6 is 0 Å². The molecule has 2 N–H and O–H groups in total. The fourth-order valence-corrected chi connectivity index (χ4v) is 2.56. The Bertz CT molecular complexity index is 1010. The molecule has 0 fully saturated rings. The highest BCUT2D eigenvalue weighted by Crippen LogP contribution is 2.18. The number of hydrogen-bond acceptors (Lipinski definition) is 6. The van der Waals surface area contributed by atoms with Gasteiger partial charge >= 0.3 is 0 Å². The molecular formula is C19H17F2N5O3. The van der Waals surface area contributed by atoms with E-state index in [-0.39, 0.29) is 24.3 Å². The number of carbonyl (C=O) groups excluding carboxylic acids is 2. The molecule has 10 heteroatoms. The minimum absolute atomic E-state index is 0.0498. The second-order valence-corrected chi connectivity index (χ2v) is 6.04. The summed E-state index contributed by atoms with van der Waals surface area (Å²) in [6, 6.07) is 5.33. The minimum Gasteiger partial charge on any atom is -0.357 e. The Kier molecular flexibility index (Phi) is 6.22. The van der Waals surface area contributed by atoms with Crippen LogP contribution in [-0.4, -0.2) is 34.0 Å². The van der Waals surface area contributed by atoms with Gasteiger partial charge in [0.05, 0.1) is 0 Å². The van der Waals surface area contributed by atoms with E-state index >= 15 is 0 Å². The summed E-state index contributed by atoms with van der Waals surface area (Å²) < 4.78 is 31.8. The van der Waals surface area contributed by atoms with E-state index in [1.165, 1.54) is 13.1 Å². The van der Waals surface area contributed by atoms with Gasteiger partial charge in [0.15, 0.2) is 11.6 Å². The molecule has 0 saturated carbocycles. The van der Waals surface area contributed by atoms with Crippen LogP contribution < -0.4 is 10.6 Å². The van der Waals surface area contributed by atoms with Gasteiger partial charge in [0, 0.05) is 37.8 Å². The third-order valence-corrected chi connectivity index (χ3v) is 4.04. The normalized spacial score (nSPS) is 11.7. The maximum absolute atomic E-state index is 13.5. The van der Waals surface area contributed by atoms with Crippen LogP contribution in [0, 0.1) is 11.6 Å². The van der Waals surface area contributed by atoms with Crippen molar-refractivity contribution in [3.8, 4) is 11.4 Å². The molecule has 3 rings (SSSR count). The first-order valence-electron chi connectivity index (χ1n) is 8.67. The maximum Gasteiger partial charge on any atom is 0.246 e. The van der Waals surface area contributed by atoms with E-state index < -0.39 is 29.5 Å². The number of nitrogens with zero attached hydrogens (tertiary/aromatic N) is 3. The Balaban J connectivity index is 1.64. The molecule has 3 aromatic rings. The van der Waals surface area contributed by atoms with Gasteiger partial charge in [0.2, 0.25) is 23.5 Å². The van der Waals surface area contributed by atoms with Crippen LogP contribution in [0.3, 0.4) is 0 Å². The monoisotopic (exact) mass is 401 g/mol. The van der Waals surface area contributed by atoms with Crippen molar-refractivity contribution >= 4 is 11.8 Å². The summed E-state index contributed by atoms with van der Waals surface area (Å²) in [5, 5.41) is 8.71. The summed E-state index contributed by atoms with van der Waals surface area (Å²) in [6.07, 6.45) is 3.28. The highest BCUT2D eigenvalue weighted by atomic mass is 19.2. The number of rotatable bonds is 7. The first kappa shape index (κ1) is 20.1. The van der Waals surface area contributed by atoms with Gasteiger partial charge in [0.1, 0.15) is 6.04 Å². The summed E-state index contributed by atoms with van der Waals surface area (Å²) >= 11 is 0. The molecule has 0 aliphatic heterocycles. The molecule has 0 aliphatic carbocycles. The van der Waals surface area contributed by atoms with Gasteiger partial charge in [-0.1, -0.05) is 11.2 Å². The summed E-state index contributed by atoms with van der Waals surface area (Å²) in [5.74, 6) is -2.64. The predicted molar refractivity (Wildman–Crippen MR) is 97.2 cm³/mol. The Morgan fingerprint density at radius 2 is 2.03 bits per heavy atom. The minimum atomic E-state index is -1.17. The number of likely N-dealkylation sites (N-methyl/N-ethyl adjacent to an activating group) is 1. The zero-order valence-corrected chi connectivity index (χ0v) is 15.4. The molecule has 0 saturated heterocycles. The first-order valence-corrected chi connectivity index (χ1v) is 8.67. The zero-order valence-electron chi connectivity index (χ0n) is 15.4. The number of pyridine rings is 1. The number of carbonyl (C=O) groups is 2. The van der Waals surface area contributed by atoms with Crippen molar-refractivity contribution in [2.75, 3.05) is 7.05 Å². The smallest absolute Gasteiger partial charge is 0.246 e. The summed E-state index contributed by atoms with van der Waals surface area (Å²) in [6.45, 7) is 0. The highest BCUT2D eigenvalue weighted by molar-refractivity contribution is 5.88. The number of aryl methyl sites for hydroxylation is 1. The Morgan fingerprint density at radius 1 is 1.21 bits per heavy atom. The van der Waals surface area contributed by atoms with Crippen LogP contribution in [-0.2, 0) is 16.0 Å². The maximum atomic E-state index is 13.5. The lowest BCUT2D eigenvalue weighted by molar-refractivity contribution is -0.128. The SMILES string of the molecule is CNC(=O)C(NC(=O)CCc1nc(-c2cccnc2)no1)c1ccc(F)c(F)c1. The fourth-order valence-electron chi connectivity index (χ4n) is 2.56. The number of hydrogen-bond donors (Lipinski definition) is 2. The third kappa shape index (κ3) is 4.98. The Labute approximate surface area is 164 Å². The number of nitrogens with one attached hydrogen (secondary N) is 2. The van der Waals surface area contributed by atoms with E-state index in [1.54, 1.807) is 24.5 Å². The summed E-state index contributed by atoms with van der Waals surface area (Å²) in [5.41, 5.74) is 0.790. The van der Waals surface area contributed by atoms with E-state index in [9.17, 15) is 18.4 Å². The van der Waals surface area contributed by atoms with Crippen LogP contribution in [0.15, 0.2) is 47.2 Å². The number of benzene rings is 1. The molecule has 150 valence electrons. The lowest BCUT2D eigenvalue weighted by atomic mass is 10.1. The van der Waals surface area contributed by atoms with Crippen molar-refractivity contribution in [1.82, 2.24) is 25.8 Å². The van der Waals surface area contributed by atoms with E-state index in [0.717, 1.165) is 12.1 Å². The molecule has 1 aromatic carbocycles. The molecule has 0 bridgehead atoms. The molecule has 2 heterocycles. The van der Waals surface area contributed by atoms with Crippen molar-refractivity contribution in [2.45, 2.75) is 18.9 Å². The van der Waals surface area contributed by atoms with Crippen LogP contribution in [0.1, 0.15) is 23.9 Å². The summed E-state index contributed by atoms with van der Waals surface area (Å²) in [7, 11) is 1.37. The molecule has 29 heavy (non-hydrogen) atoms. The van der Waals surface area contributed by atoms with Crippen molar-refractivity contribution < 1.29 is 22.9 Å². The average Bonchev–Trinajstić information content (AvgIpc) is 3.22. The standard InChI is InChI=1S/C19H17F2N5O3/c1-22-19(28)17(11-4-5-13(20)14(21)9-11)24-15(27)6-7-16-25-18(26-29-16)12-3-2-8-23-10-12/h2-5,8-10,17H,6-7H2,1H3,(H,22,28)(H,24,27). The van der Waals surface area contributed by atoms with Crippen molar-refractivity contribution in [3.63, 3.8) is 0 Å². The molecule has 1 atom stereocenters. The largest absolute Gasteiger partial charge is 0.357 e. The van der Waals surface area contributed by atoms with E-state index in [4.69, 9.17) is 4.52 Å². The predicted octanol–water partition coefficient (Wildman–Crippen LogP) is 1.95. The van der Waals surface area contributed by atoms with Crippen molar-refractivity contribution in [2.24, 2.45) is 0 Å². The van der Waals surface area contributed by atoms with E-state index in [2.05, 4.69) is 25.8 Å². The average molecular weight is 401 g/mol. The van der Waals surface area contributed by atoms with Crippen LogP contribution in [0.5, 0.6) is 0 Å². The van der Waals surface area contributed by atoms with Gasteiger partial charge in [-0.3, -0.25) is 14.6 Å². The van der Waals surface area contributed by atoms with E-state index in [0.29, 0.717) is 11.4 Å². The van der Waals surface area contributed by atoms with Crippen LogP contribution in [0.4, 0.5) is 8.78 Å². The number of amides is 2. The van der Waals surface area contributed by atoms with Gasteiger partial charge < -0.3 is 15.2 Å². The molecular weight excluding hydrogens is 384 g/mol. The second kappa shape index (κ2) is 9.00. The zero-order chi connectivity index (χ0) is 20.8. The topological polar surface area (TPSA) is 110 Å². The quantitative estimate of drug-likeness (QED) is 0.626.